The highest BCUT2D eigenvalue weighted by molar-refractivity contribution is 6.25. The molecule has 0 unspecified atom stereocenters. The molecule has 0 N–H and O–H groups in total. The van der Waals surface area contributed by atoms with E-state index in [9.17, 15) is 0 Å². The molecule has 3 heteroatoms. The summed E-state index contributed by atoms with van der Waals surface area (Å²) in [5, 5.41) is 0. The SMILES string of the molecule is CCC1(CC)O/C(=C\Cl)C(CC)(CC)O1. The fourth-order valence-electron chi connectivity index (χ4n) is 2.12. The standard InChI is InChI=1S/C12H21ClO2/c1-5-11(6-2)10(9-13)14-12(7-3,8-4)15-11/h9H,5-8H2,1-4H3/b10-9-. The van der Waals surface area contributed by atoms with Crippen LogP contribution in [0, 0.1) is 0 Å². The van der Waals surface area contributed by atoms with Crippen LogP contribution in [0.25, 0.3) is 0 Å². The summed E-state index contributed by atoms with van der Waals surface area (Å²) < 4.78 is 12.1. The van der Waals surface area contributed by atoms with E-state index in [0.717, 1.165) is 31.4 Å². The molecule has 0 spiro atoms. The maximum absolute atomic E-state index is 6.16. The Morgan fingerprint density at radius 3 is 1.87 bits per heavy atom. The summed E-state index contributed by atoms with van der Waals surface area (Å²) in [5.74, 6) is 0.324. The van der Waals surface area contributed by atoms with Crippen LogP contribution < -0.4 is 0 Å². The van der Waals surface area contributed by atoms with Crippen LogP contribution in [0.5, 0.6) is 0 Å². The zero-order valence-electron chi connectivity index (χ0n) is 10.1. The molecule has 0 atom stereocenters. The van der Waals surface area contributed by atoms with Gasteiger partial charge in [0.25, 0.3) is 0 Å². The molecular formula is C12H21ClO2. The molecule has 0 aliphatic carbocycles. The zero-order chi connectivity index (χ0) is 11.5. The summed E-state index contributed by atoms with van der Waals surface area (Å²) in [6, 6.07) is 0. The highest BCUT2D eigenvalue weighted by Gasteiger charge is 2.51. The maximum Gasteiger partial charge on any atom is 0.210 e. The molecule has 0 amide bonds. The molecule has 0 aromatic heterocycles. The van der Waals surface area contributed by atoms with Gasteiger partial charge >= 0.3 is 0 Å². The highest BCUT2D eigenvalue weighted by Crippen LogP contribution is 2.46. The maximum atomic E-state index is 6.16. The Balaban J connectivity index is 3.02. The predicted molar refractivity (Wildman–Crippen MR) is 62.7 cm³/mol. The van der Waals surface area contributed by atoms with Gasteiger partial charge in [0.15, 0.2) is 0 Å². The van der Waals surface area contributed by atoms with Gasteiger partial charge in [-0.05, 0) is 12.8 Å². The molecule has 1 saturated heterocycles. The molecule has 0 saturated carbocycles. The smallest absolute Gasteiger partial charge is 0.210 e. The van der Waals surface area contributed by atoms with Crippen LogP contribution in [0.1, 0.15) is 53.4 Å². The lowest BCUT2D eigenvalue weighted by atomic mass is 9.96. The molecule has 1 aliphatic heterocycles. The van der Waals surface area contributed by atoms with E-state index >= 15 is 0 Å². The molecule has 1 rings (SSSR count). The van der Waals surface area contributed by atoms with Gasteiger partial charge in [-0.3, -0.25) is 0 Å². The molecule has 0 radical (unpaired) electrons. The van der Waals surface area contributed by atoms with Gasteiger partial charge in [-0.2, -0.15) is 0 Å². The van der Waals surface area contributed by atoms with E-state index in [1.54, 1.807) is 0 Å². The minimum absolute atomic E-state index is 0.312. The van der Waals surface area contributed by atoms with Crippen LogP contribution in [0.3, 0.4) is 0 Å². The first-order valence-electron chi connectivity index (χ1n) is 5.82. The molecule has 2 nitrogen and oxygen atoms in total. The molecule has 1 aliphatic rings. The van der Waals surface area contributed by atoms with Crippen molar-refractivity contribution >= 4 is 11.6 Å². The Labute approximate surface area is 97.6 Å². The van der Waals surface area contributed by atoms with Gasteiger partial charge in [-0.1, -0.05) is 39.3 Å². The Morgan fingerprint density at radius 2 is 1.60 bits per heavy atom. The van der Waals surface area contributed by atoms with Crippen LogP contribution in [0.2, 0.25) is 0 Å². The third-order valence-electron chi connectivity index (χ3n) is 3.45. The second-order valence-electron chi connectivity index (χ2n) is 4.00. The van der Waals surface area contributed by atoms with Gasteiger partial charge in [-0.25, -0.2) is 0 Å². The minimum atomic E-state index is -0.466. The molecule has 15 heavy (non-hydrogen) atoms. The van der Waals surface area contributed by atoms with Gasteiger partial charge < -0.3 is 9.47 Å². The zero-order valence-corrected chi connectivity index (χ0v) is 10.9. The summed E-state index contributed by atoms with van der Waals surface area (Å²) in [6.07, 6.45) is 3.48. The average molecular weight is 233 g/mol. The molecular weight excluding hydrogens is 212 g/mol. The number of halogens is 1. The first-order chi connectivity index (χ1) is 7.12. The van der Waals surface area contributed by atoms with Crippen LogP contribution in [0.15, 0.2) is 11.3 Å². The van der Waals surface area contributed by atoms with Crippen molar-refractivity contribution in [3.8, 4) is 0 Å². The fourth-order valence-corrected chi connectivity index (χ4v) is 2.37. The van der Waals surface area contributed by atoms with E-state index in [2.05, 4.69) is 27.7 Å². The summed E-state index contributed by atoms with van der Waals surface area (Å²) in [7, 11) is 0. The largest absolute Gasteiger partial charge is 0.463 e. The third-order valence-corrected chi connectivity index (χ3v) is 3.64. The number of hydrogen-bond acceptors (Lipinski definition) is 2. The molecule has 1 heterocycles. The van der Waals surface area contributed by atoms with Crippen molar-refractivity contribution in [3.05, 3.63) is 11.3 Å². The first kappa shape index (κ1) is 12.9. The van der Waals surface area contributed by atoms with Crippen molar-refractivity contribution in [1.82, 2.24) is 0 Å². The summed E-state index contributed by atoms with van der Waals surface area (Å²) >= 11 is 5.82. The van der Waals surface area contributed by atoms with Gasteiger partial charge in [0.2, 0.25) is 5.79 Å². The quantitative estimate of drug-likeness (QED) is 0.724. The molecule has 0 bridgehead atoms. The van der Waals surface area contributed by atoms with Crippen molar-refractivity contribution < 1.29 is 9.47 Å². The lowest BCUT2D eigenvalue weighted by Crippen LogP contribution is -2.34. The first-order valence-corrected chi connectivity index (χ1v) is 6.25. The Kier molecular flexibility index (Phi) is 4.07. The lowest BCUT2D eigenvalue weighted by molar-refractivity contribution is -0.190. The summed E-state index contributed by atoms with van der Waals surface area (Å²) in [6.45, 7) is 8.37. The average Bonchev–Trinajstić information content (AvgIpc) is 2.64. The van der Waals surface area contributed by atoms with Crippen molar-refractivity contribution in [1.29, 1.82) is 0 Å². The van der Waals surface area contributed by atoms with E-state index in [-0.39, 0.29) is 5.60 Å². The summed E-state index contributed by atoms with van der Waals surface area (Å²) in [4.78, 5) is 0. The number of ether oxygens (including phenoxy) is 2. The number of hydrogen-bond donors (Lipinski definition) is 0. The fraction of sp³-hybridized carbons (Fsp3) is 0.833. The van der Waals surface area contributed by atoms with Gasteiger partial charge in [0, 0.05) is 18.4 Å². The minimum Gasteiger partial charge on any atom is -0.463 e. The Hall–Kier alpha value is -0.210. The van der Waals surface area contributed by atoms with E-state index < -0.39 is 5.79 Å². The predicted octanol–water partition coefficient (Wildman–Crippen LogP) is 4.19. The van der Waals surface area contributed by atoms with Gasteiger partial charge in [0.05, 0.1) is 0 Å². The van der Waals surface area contributed by atoms with Crippen LogP contribution in [-0.2, 0) is 9.47 Å². The topological polar surface area (TPSA) is 18.5 Å². The van der Waals surface area contributed by atoms with Gasteiger partial charge in [0.1, 0.15) is 11.4 Å². The second-order valence-corrected chi connectivity index (χ2v) is 4.21. The Morgan fingerprint density at radius 1 is 1.07 bits per heavy atom. The number of rotatable bonds is 4. The normalized spacial score (nSPS) is 25.5. The molecule has 1 fully saturated rings. The van der Waals surface area contributed by atoms with E-state index in [1.807, 2.05) is 0 Å². The molecule has 88 valence electrons. The lowest BCUT2D eigenvalue weighted by Gasteiger charge is -2.28. The van der Waals surface area contributed by atoms with Crippen LogP contribution in [-0.4, -0.2) is 11.4 Å². The van der Waals surface area contributed by atoms with Crippen molar-refractivity contribution in [3.63, 3.8) is 0 Å². The molecule has 0 aromatic rings. The van der Waals surface area contributed by atoms with E-state index in [0.29, 0.717) is 0 Å². The van der Waals surface area contributed by atoms with Crippen LogP contribution in [0.4, 0.5) is 0 Å². The van der Waals surface area contributed by atoms with E-state index in [4.69, 9.17) is 21.1 Å². The van der Waals surface area contributed by atoms with Crippen molar-refractivity contribution in [2.75, 3.05) is 0 Å². The third kappa shape index (κ3) is 2.02. The second kappa shape index (κ2) is 4.75. The summed E-state index contributed by atoms with van der Waals surface area (Å²) in [5.41, 5.74) is 1.22. The Bertz CT molecular complexity index is 240. The van der Waals surface area contributed by atoms with E-state index in [1.165, 1.54) is 5.54 Å². The van der Waals surface area contributed by atoms with Gasteiger partial charge in [-0.15, -0.1) is 0 Å². The molecule has 0 aromatic carbocycles. The van der Waals surface area contributed by atoms with Crippen molar-refractivity contribution in [2.24, 2.45) is 0 Å². The van der Waals surface area contributed by atoms with Crippen LogP contribution >= 0.6 is 11.6 Å². The van der Waals surface area contributed by atoms with Crippen molar-refractivity contribution in [2.45, 2.75) is 64.8 Å². The highest BCUT2D eigenvalue weighted by atomic mass is 35.5. The monoisotopic (exact) mass is 232 g/mol.